The fourth-order valence-corrected chi connectivity index (χ4v) is 6.01. The van der Waals surface area contributed by atoms with Gasteiger partial charge < -0.3 is 15.2 Å². The van der Waals surface area contributed by atoms with E-state index in [0.29, 0.717) is 29.8 Å². The molecule has 3 heterocycles. The Balaban J connectivity index is 1.29. The Morgan fingerprint density at radius 2 is 2.03 bits per heavy atom. The van der Waals surface area contributed by atoms with Gasteiger partial charge in [-0.15, -0.1) is 0 Å². The number of carbonyl (C=O) groups excluding carboxylic acids is 1. The lowest BCUT2D eigenvalue weighted by Crippen LogP contribution is -2.55. The van der Waals surface area contributed by atoms with Gasteiger partial charge in [-0.1, -0.05) is 11.6 Å². The summed E-state index contributed by atoms with van der Waals surface area (Å²) in [5.74, 6) is 0.498. The molecule has 3 fully saturated rings. The second kappa shape index (κ2) is 8.70. The number of hydrogen-bond acceptors (Lipinski definition) is 5. The van der Waals surface area contributed by atoms with Crippen molar-refractivity contribution >= 4 is 34.1 Å². The molecule has 1 amide bonds. The normalized spacial score (nSPS) is 30.6. The van der Waals surface area contributed by atoms with Crippen LogP contribution in [0.15, 0.2) is 24.4 Å². The Hall–Kier alpha value is -1.80. The van der Waals surface area contributed by atoms with E-state index in [1.807, 2.05) is 19.1 Å². The molecule has 8 heteroatoms. The Morgan fingerprint density at radius 1 is 1.29 bits per heavy atom. The first-order valence-corrected chi connectivity index (χ1v) is 12.5. The second-order valence-electron chi connectivity index (χ2n) is 11.0. The fourth-order valence-electron chi connectivity index (χ4n) is 5.68. The molecule has 1 unspecified atom stereocenters. The van der Waals surface area contributed by atoms with Crippen molar-refractivity contribution in [2.45, 2.75) is 63.3 Å². The first-order chi connectivity index (χ1) is 16.1. The average molecular weight is 490 g/mol. The van der Waals surface area contributed by atoms with Crippen molar-refractivity contribution in [2.75, 3.05) is 31.6 Å². The molecule has 1 aliphatic carbocycles. The molecule has 5 rings (SSSR count). The van der Waals surface area contributed by atoms with Crippen LogP contribution in [0.3, 0.4) is 0 Å². The number of rotatable bonds is 5. The van der Waals surface area contributed by atoms with Crippen LogP contribution < -0.4 is 5.32 Å². The van der Waals surface area contributed by atoms with E-state index in [9.17, 15) is 14.3 Å². The average Bonchev–Trinajstić information content (AvgIpc) is 3.54. The van der Waals surface area contributed by atoms with Gasteiger partial charge in [-0.05, 0) is 94.1 Å². The fraction of sp³-hybridized carbons (Fsp3) is 0.615. The summed E-state index contributed by atoms with van der Waals surface area (Å²) >= 11 is 6.67. The van der Waals surface area contributed by atoms with Gasteiger partial charge in [-0.2, -0.15) is 0 Å². The number of aromatic nitrogens is 1. The lowest BCUT2D eigenvalue weighted by Gasteiger charge is -2.43. The SMILES string of the molecule is CC(C)(O)C1C[C@H]1C(=O)Nc1cc2cc(C3CCN([C@@]4(C)COC[C@H]4F)CC3)c(Cl)cc2cn1. The summed E-state index contributed by atoms with van der Waals surface area (Å²) in [6.45, 7) is 7.68. The standard InChI is InChI=1S/C26H33ClFN3O3/c1-25(2,33)20-11-19(20)24(32)30-23-10-16-8-18(21(27)9-17(16)12-29-23)15-4-6-31(7-5-15)26(3)14-34-13-22(26)28/h8-10,12,15,19-20,22,33H,4-7,11,13-14H2,1-3H3,(H,29,30,32)/t19-,20?,22-,26+/m1/s1. The number of nitrogens with zero attached hydrogens (tertiary/aromatic N) is 2. The van der Waals surface area contributed by atoms with E-state index in [-0.39, 0.29) is 24.3 Å². The van der Waals surface area contributed by atoms with Crippen LogP contribution in [0.1, 0.15) is 51.5 Å². The van der Waals surface area contributed by atoms with Crippen molar-refractivity contribution in [3.05, 3.63) is 35.0 Å². The van der Waals surface area contributed by atoms with E-state index < -0.39 is 17.3 Å². The zero-order valence-electron chi connectivity index (χ0n) is 20.0. The lowest BCUT2D eigenvalue weighted by molar-refractivity contribution is -0.118. The minimum absolute atomic E-state index is 0.0186. The van der Waals surface area contributed by atoms with Gasteiger partial charge in [0.15, 0.2) is 0 Å². The highest BCUT2D eigenvalue weighted by molar-refractivity contribution is 6.32. The molecule has 4 atom stereocenters. The monoisotopic (exact) mass is 489 g/mol. The van der Waals surface area contributed by atoms with Crippen molar-refractivity contribution < 1.29 is 19.0 Å². The number of pyridine rings is 1. The second-order valence-corrected chi connectivity index (χ2v) is 11.4. The minimum atomic E-state index is -0.955. The Kier molecular flexibility index (Phi) is 6.12. The first-order valence-electron chi connectivity index (χ1n) is 12.2. The zero-order valence-corrected chi connectivity index (χ0v) is 20.7. The number of alkyl halides is 1. The van der Waals surface area contributed by atoms with Crippen LogP contribution in [-0.2, 0) is 9.53 Å². The third-order valence-electron chi connectivity index (χ3n) is 8.11. The molecular weight excluding hydrogens is 457 g/mol. The quantitative estimate of drug-likeness (QED) is 0.645. The van der Waals surface area contributed by atoms with Gasteiger partial charge >= 0.3 is 0 Å². The molecule has 34 heavy (non-hydrogen) atoms. The Bertz CT molecular complexity index is 1100. The van der Waals surface area contributed by atoms with Crippen LogP contribution in [0.2, 0.25) is 5.02 Å². The molecule has 1 aromatic carbocycles. The third kappa shape index (κ3) is 4.43. The number of aliphatic hydroxyl groups is 1. The van der Waals surface area contributed by atoms with Crippen LogP contribution in [0.5, 0.6) is 0 Å². The third-order valence-corrected chi connectivity index (χ3v) is 8.44. The summed E-state index contributed by atoms with van der Waals surface area (Å²) in [6, 6.07) is 5.92. The van der Waals surface area contributed by atoms with Crippen molar-refractivity contribution in [1.29, 1.82) is 0 Å². The Morgan fingerprint density at radius 3 is 2.65 bits per heavy atom. The highest BCUT2D eigenvalue weighted by Crippen LogP contribution is 2.47. The van der Waals surface area contributed by atoms with Gasteiger partial charge in [0, 0.05) is 22.5 Å². The van der Waals surface area contributed by atoms with Gasteiger partial charge in [0.2, 0.25) is 5.91 Å². The summed E-state index contributed by atoms with van der Waals surface area (Å²) in [7, 11) is 0. The van der Waals surface area contributed by atoms with E-state index in [2.05, 4.69) is 21.3 Å². The predicted molar refractivity (Wildman–Crippen MR) is 131 cm³/mol. The molecule has 2 aromatic rings. The number of halogens is 2. The maximum absolute atomic E-state index is 14.4. The van der Waals surface area contributed by atoms with Crippen molar-refractivity contribution in [3.8, 4) is 0 Å². The van der Waals surface area contributed by atoms with Crippen LogP contribution in [0, 0.1) is 11.8 Å². The van der Waals surface area contributed by atoms with Crippen molar-refractivity contribution in [3.63, 3.8) is 0 Å². The number of hydrogen-bond donors (Lipinski definition) is 2. The summed E-state index contributed by atoms with van der Waals surface area (Å²) in [6.07, 6.45) is 3.27. The molecule has 3 aliphatic rings. The summed E-state index contributed by atoms with van der Waals surface area (Å²) in [5, 5.41) is 15.7. The number of nitrogens with one attached hydrogen (secondary N) is 1. The van der Waals surface area contributed by atoms with Gasteiger partial charge in [0.25, 0.3) is 0 Å². The maximum atomic E-state index is 14.4. The molecule has 2 saturated heterocycles. The lowest BCUT2D eigenvalue weighted by atomic mass is 9.85. The minimum Gasteiger partial charge on any atom is -0.390 e. The highest BCUT2D eigenvalue weighted by Gasteiger charge is 2.51. The number of fused-ring (bicyclic) bond motifs is 1. The predicted octanol–water partition coefficient (Wildman–Crippen LogP) is 4.54. The van der Waals surface area contributed by atoms with Crippen molar-refractivity contribution in [2.24, 2.45) is 11.8 Å². The molecule has 1 aromatic heterocycles. The van der Waals surface area contributed by atoms with Crippen LogP contribution >= 0.6 is 11.6 Å². The van der Waals surface area contributed by atoms with E-state index >= 15 is 0 Å². The number of ether oxygens (including phenoxy) is 1. The number of anilines is 1. The van der Waals surface area contributed by atoms with Gasteiger partial charge in [0.1, 0.15) is 12.0 Å². The van der Waals surface area contributed by atoms with Crippen LogP contribution in [-0.4, -0.2) is 64.5 Å². The maximum Gasteiger partial charge on any atom is 0.229 e. The Labute approximate surface area is 204 Å². The van der Waals surface area contributed by atoms with E-state index in [4.69, 9.17) is 16.3 Å². The van der Waals surface area contributed by atoms with E-state index in [1.165, 1.54) is 0 Å². The molecule has 1 saturated carbocycles. The smallest absolute Gasteiger partial charge is 0.229 e. The topological polar surface area (TPSA) is 74.7 Å². The van der Waals surface area contributed by atoms with Gasteiger partial charge in [-0.25, -0.2) is 9.37 Å². The molecule has 2 aliphatic heterocycles. The number of piperidine rings is 1. The molecule has 184 valence electrons. The number of benzene rings is 1. The highest BCUT2D eigenvalue weighted by atomic mass is 35.5. The van der Waals surface area contributed by atoms with Crippen molar-refractivity contribution in [1.82, 2.24) is 9.88 Å². The summed E-state index contributed by atoms with van der Waals surface area (Å²) in [4.78, 5) is 19.2. The molecular formula is C26H33ClFN3O3. The molecule has 0 bridgehead atoms. The molecule has 0 radical (unpaired) electrons. The van der Waals surface area contributed by atoms with E-state index in [1.54, 1.807) is 20.0 Å². The zero-order chi connectivity index (χ0) is 24.3. The number of likely N-dealkylation sites (tertiary alicyclic amines) is 1. The van der Waals surface area contributed by atoms with Crippen LogP contribution in [0.4, 0.5) is 10.2 Å². The van der Waals surface area contributed by atoms with Crippen LogP contribution in [0.25, 0.3) is 10.8 Å². The molecule has 2 N–H and O–H groups in total. The summed E-state index contributed by atoms with van der Waals surface area (Å²) < 4.78 is 19.8. The molecule has 6 nitrogen and oxygen atoms in total. The first kappa shape index (κ1) is 23.9. The van der Waals surface area contributed by atoms with Gasteiger partial charge in [-0.3, -0.25) is 9.69 Å². The van der Waals surface area contributed by atoms with E-state index in [0.717, 1.165) is 42.3 Å². The summed E-state index contributed by atoms with van der Waals surface area (Å²) in [5.41, 5.74) is -0.304. The largest absolute Gasteiger partial charge is 0.390 e. The van der Waals surface area contributed by atoms with Gasteiger partial charge in [0.05, 0.1) is 24.4 Å². The number of carbonyl (C=O) groups is 1. The molecule has 0 spiro atoms. The number of amides is 1.